The summed E-state index contributed by atoms with van der Waals surface area (Å²) in [7, 11) is 0. The van der Waals surface area contributed by atoms with Crippen molar-refractivity contribution < 1.29 is 9.59 Å². The molecule has 1 N–H and O–H groups in total. The van der Waals surface area contributed by atoms with Crippen LogP contribution in [0.5, 0.6) is 0 Å². The first-order valence-electron chi connectivity index (χ1n) is 8.79. The maximum atomic E-state index is 12.6. The van der Waals surface area contributed by atoms with Crippen molar-refractivity contribution in [2.24, 2.45) is 0 Å². The van der Waals surface area contributed by atoms with Crippen LogP contribution in [0.1, 0.15) is 35.3 Å². The molecule has 7 nitrogen and oxygen atoms in total. The molecule has 1 atom stereocenters. The second-order valence-electron chi connectivity index (χ2n) is 6.55. The van der Waals surface area contributed by atoms with Crippen LogP contribution in [0.25, 0.3) is 5.69 Å². The third kappa shape index (κ3) is 4.45. The lowest BCUT2D eigenvalue weighted by molar-refractivity contribution is -0.115. The molecule has 3 aromatic rings. The van der Waals surface area contributed by atoms with Crippen molar-refractivity contribution in [2.75, 3.05) is 5.32 Å². The summed E-state index contributed by atoms with van der Waals surface area (Å²) >= 11 is 1.27. The van der Waals surface area contributed by atoms with Crippen LogP contribution < -0.4 is 5.32 Å². The lowest BCUT2D eigenvalue weighted by atomic mass is 10.1. The molecular weight excluding hydrogens is 374 g/mol. The number of rotatable bonds is 6. The average Bonchev–Trinajstić information content (AvgIpc) is 3.11. The first-order valence-corrected chi connectivity index (χ1v) is 9.67. The van der Waals surface area contributed by atoms with E-state index >= 15 is 0 Å². The highest BCUT2D eigenvalue weighted by Crippen LogP contribution is 2.25. The Morgan fingerprint density at radius 2 is 1.93 bits per heavy atom. The van der Waals surface area contributed by atoms with Crippen molar-refractivity contribution in [3.63, 3.8) is 0 Å². The number of amides is 1. The standard InChI is InChI=1S/C20H21N5O2S/c1-12-8-9-13(2)18(10-12)25-20(22-23-24-25)28-15(4)19(27)21-17-7-5-6-16(11-17)14(3)26/h5-11,15H,1-4H3,(H,21,27)/t15-/m1/s1. The van der Waals surface area contributed by atoms with Gasteiger partial charge in [0.15, 0.2) is 5.78 Å². The van der Waals surface area contributed by atoms with Gasteiger partial charge >= 0.3 is 0 Å². The number of Topliss-reactive ketones (excluding diaryl/α,β-unsaturated/α-hetero) is 1. The molecule has 1 amide bonds. The van der Waals surface area contributed by atoms with Gasteiger partial charge in [-0.1, -0.05) is 36.0 Å². The zero-order valence-electron chi connectivity index (χ0n) is 16.1. The fourth-order valence-corrected chi connectivity index (χ4v) is 3.42. The Hall–Kier alpha value is -3.00. The molecule has 0 saturated heterocycles. The molecule has 0 aliphatic rings. The summed E-state index contributed by atoms with van der Waals surface area (Å²) < 4.78 is 1.65. The van der Waals surface area contributed by atoms with Crippen LogP contribution in [0, 0.1) is 13.8 Å². The molecular formula is C20H21N5O2S. The van der Waals surface area contributed by atoms with Gasteiger partial charge in [-0.3, -0.25) is 9.59 Å². The molecule has 0 unspecified atom stereocenters. The first-order chi connectivity index (χ1) is 13.3. The predicted octanol–water partition coefficient (Wildman–Crippen LogP) is 3.60. The summed E-state index contributed by atoms with van der Waals surface area (Å²) in [6, 6.07) is 12.9. The summed E-state index contributed by atoms with van der Waals surface area (Å²) in [5.41, 5.74) is 4.16. The number of anilines is 1. The molecule has 0 fully saturated rings. The summed E-state index contributed by atoms with van der Waals surface area (Å²) in [5.74, 6) is -0.243. The third-order valence-corrected chi connectivity index (χ3v) is 5.25. The quantitative estimate of drug-likeness (QED) is 0.507. The van der Waals surface area contributed by atoms with Crippen LogP contribution in [0.2, 0.25) is 0 Å². The molecule has 3 rings (SSSR count). The number of hydrogen-bond donors (Lipinski definition) is 1. The highest BCUT2D eigenvalue weighted by molar-refractivity contribution is 8.00. The van der Waals surface area contributed by atoms with Gasteiger partial charge in [-0.15, -0.1) is 5.10 Å². The van der Waals surface area contributed by atoms with Crippen LogP contribution in [-0.2, 0) is 4.79 Å². The number of aryl methyl sites for hydroxylation is 2. The van der Waals surface area contributed by atoms with Crippen LogP contribution >= 0.6 is 11.8 Å². The van der Waals surface area contributed by atoms with Crippen molar-refractivity contribution in [3.05, 3.63) is 59.2 Å². The minimum Gasteiger partial charge on any atom is -0.325 e. The zero-order valence-corrected chi connectivity index (χ0v) is 16.9. The first kappa shape index (κ1) is 19.8. The molecule has 0 aliphatic heterocycles. The van der Waals surface area contributed by atoms with Crippen LogP contribution in [0.15, 0.2) is 47.6 Å². The number of nitrogens with zero attached hydrogens (tertiary/aromatic N) is 4. The van der Waals surface area contributed by atoms with Crippen molar-refractivity contribution in [3.8, 4) is 5.69 Å². The largest absolute Gasteiger partial charge is 0.325 e. The monoisotopic (exact) mass is 395 g/mol. The number of thioether (sulfide) groups is 1. The SMILES string of the molecule is CC(=O)c1cccc(NC(=O)[C@@H](C)Sc2nnnn2-c2cc(C)ccc2C)c1. The molecule has 8 heteroatoms. The summed E-state index contributed by atoms with van der Waals surface area (Å²) in [4.78, 5) is 24.1. The fraction of sp³-hybridized carbons (Fsp3) is 0.250. The van der Waals surface area contributed by atoms with E-state index in [0.717, 1.165) is 16.8 Å². The third-order valence-electron chi connectivity index (χ3n) is 4.22. The summed E-state index contributed by atoms with van der Waals surface area (Å²) in [5, 5.41) is 14.9. The highest BCUT2D eigenvalue weighted by Gasteiger charge is 2.20. The Labute approximate surface area is 167 Å². The van der Waals surface area contributed by atoms with Gasteiger partial charge in [0.2, 0.25) is 11.1 Å². The fourth-order valence-electron chi connectivity index (χ4n) is 2.62. The Bertz CT molecular complexity index is 1030. The molecule has 0 radical (unpaired) electrons. The maximum Gasteiger partial charge on any atom is 0.237 e. The number of benzene rings is 2. The number of hydrogen-bond acceptors (Lipinski definition) is 6. The van der Waals surface area contributed by atoms with Gasteiger partial charge in [-0.2, -0.15) is 4.68 Å². The highest BCUT2D eigenvalue weighted by atomic mass is 32.2. The second kappa shape index (κ2) is 8.35. The predicted molar refractivity (Wildman–Crippen MR) is 109 cm³/mol. The van der Waals surface area contributed by atoms with E-state index in [9.17, 15) is 9.59 Å². The van der Waals surface area contributed by atoms with Crippen molar-refractivity contribution in [1.29, 1.82) is 0 Å². The Morgan fingerprint density at radius 1 is 1.14 bits per heavy atom. The van der Waals surface area contributed by atoms with Gasteiger partial charge < -0.3 is 5.32 Å². The lowest BCUT2D eigenvalue weighted by Gasteiger charge is -2.13. The zero-order chi connectivity index (χ0) is 20.3. The van der Waals surface area contributed by atoms with Gasteiger partial charge in [0.25, 0.3) is 0 Å². The summed E-state index contributed by atoms with van der Waals surface area (Å²) in [6.07, 6.45) is 0. The van der Waals surface area contributed by atoms with E-state index in [1.807, 2.05) is 32.0 Å². The van der Waals surface area contributed by atoms with Gasteiger partial charge in [-0.25, -0.2) is 0 Å². The van der Waals surface area contributed by atoms with Crippen LogP contribution in [0.3, 0.4) is 0 Å². The van der Waals surface area contributed by atoms with Gasteiger partial charge in [0.05, 0.1) is 10.9 Å². The van der Waals surface area contributed by atoms with Crippen molar-refractivity contribution in [2.45, 2.75) is 38.1 Å². The molecule has 2 aromatic carbocycles. The van der Waals surface area contributed by atoms with Gasteiger partial charge in [0, 0.05) is 11.3 Å². The average molecular weight is 395 g/mol. The van der Waals surface area contributed by atoms with Gasteiger partial charge in [-0.05, 0) is 67.4 Å². The van der Waals surface area contributed by atoms with E-state index in [-0.39, 0.29) is 11.7 Å². The van der Waals surface area contributed by atoms with Gasteiger partial charge in [0.1, 0.15) is 0 Å². The molecule has 144 valence electrons. The molecule has 0 aliphatic carbocycles. The molecule has 0 spiro atoms. The Morgan fingerprint density at radius 3 is 2.68 bits per heavy atom. The number of tetrazole rings is 1. The molecule has 1 heterocycles. The number of carbonyl (C=O) groups excluding carboxylic acids is 2. The topological polar surface area (TPSA) is 89.8 Å². The maximum absolute atomic E-state index is 12.6. The van der Waals surface area contributed by atoms with E-state index in [1.165, 1.54) is 18.7 Å². The van der Waals surface area contributed by atoms with E-state index in [2.05, 4.69) is 20.8 Å². The minimum absolute atomic E-state index is 0.0498. The van der Waals surface area contributed by atoms with Crippen molar-refractivity contribution >= 4 is 29.1 Å². The molecule has 28 heavy (non-hydrogen) atoms. The number of nitrogens with one attached hydrogen (secondary N) is 1. The Kier molecular flexibility index (Phi) is 5.89. The van der Waals surface area contributed by atoms with E-state index < -0.39 is 5.25 Å². The number of carbonyl (C=O) groups is 2. The van der Waals surface area contributed by atoms with Crippen molar-refractivity contribution in [1.82, 2.24) is 20.2 Å². The van der Waals surface area contributed by atoms with Crippen LogP contribution in [-0.4, -0.2) is 37.1 Å². The Balaban J connectivity index is 1.75. The normalized spacial score (nSPS) is 11.9. The smallest absolute Gasteiger partial charge is 0.237 e. The molecule has 0 saturated carbocycles. The summed E-state index contributed by atoms with van der Waals surface area (Å²) in [6.45, 7) is 7.28. The van der Waals surface area contributed by atoms with E-state index in [4.69, 9.17) is 0 Å². The number of aromatic nitrogens is 4. The second-order valence-corrected chi connectivity index (χ2v) is 7.86. The molecule has 0 bridgehead atoms. The van der Waals surface area contributed by atoms with E-state index in [1.54, 1.807) is 35.9 Å². The minimum atomic E-state index is -0.434. The van der Waals surface area contributed by atoms with E-state index in [0.29, 0.717) is 16.4 Å². The number of ketones is 1. The molecule has 1 aromatic heterocycles. The lowest BCUT2D eigenvalue weighted by Crippen LogP contribution is -2.23. The van der Waals surface area contributed by atoms with Crippen LogP contribution in [0.4, 0.5) is 5.69 Å².